The van der Waals surface area contributed by atoms with E-state index >= 15 is 0 Å². The van der Waals surface area contributed by atoms with Gasteiger partial charge in [-0.15, -0.1) is 0 Å². The van der Waals surface area contributed by atoms with Gasteiger partial charge in [0.2, 0.25) is 0 Å². The van der Waals surface area contributed by atoms with Crippen LogP contribution in [0.3, 0.4) is 0 Å². The van der Waals surface area contributed by atoms with E-state index in [2.05, 4.69) is 10.3 Å². The molecule has 5 heteroatoms. The molecular weight excluding hydrogens is 219 g/mol. The maximum absolute atomic E-state index is 11.8. The molecule has 1 atom stereocenters. The van der Waals surface area contributed by atoms with Gasteiger partial charge in [0.05, 0.1) is 0 Å². The van der Waals surface area contributed by atoms with Crippen LogP contribution >= 0.6 is 0 Å². The summed E-state index contributed by atoms with van der Waals surface area (Å²) in [6, 6.07) is 9.34. The van der Waals surface area contributed by atoms with Crippen LogP contribution in [0.2, 0.25) is 0 Å². The molecule has 90 valence electrons. The normalized spacial score (nSPS) is 13.8. The average Bonchev–Trinajstić information content (AvgIpc) is 2.17. The first kappa shape index (κ1) is 13.0. The van der Waals surface area contributed by atoms with Crippen LogP contribution in [0.4, 0.5) is 13.2 Å². The highest BCUT2D eigenvalue weighted by Gasteiger charge is 2.27. The number of alkyl halides is 3. The SMILES string of the molecule is CC(Cc1ccccc1)NOCC(F)(F)F. The smallest absolute Gasteiger partial charge is 0.292 e. The van der Waals surface area contributed by atoms with Crippen molar-refractivity contribution >= 4 is 0 Å². The Bertz CT molecular complexity index is 300. The highest BCUT2D eigenvalue weighted by atomic mass is 19.4. The number of benzene rings is 1. The molecule has 0 bridgehead atoms. The summed E-state index contributed by atoms with van der Waals surface area (Å²) >= 11 is 0. The largest absolute Gasteiger partial charge is 0.413 e. The van der Waals surface area contributed by atoms with E-state index in [4.69, 9.17) is 0 Å². The molecule has 0 aliphatic heterocycles. The van der Waals surface area contributed by atoms with E-state index in [1.54, 1.807) is 6.92 Å². The lowest BCUT2D eigenvalue weighted by Gasteiger charge is -2.14. The molecule has 1 N–H and O–H groups in total. The minimum Gasteiger partial charge on any atom is -0.292 e. The minimum absolute atomic E-state index is 0.162. The van der Waals surface area contributed by atoms with Gasteiger partial charge in [0.1, 0.15) is 0 Å². The maximum Gasteiger partial charge on any atom is 0.413 e. The predicted molar refractivity (Wildman–Crippen MR) is 54.8 cm³/mol. The van der Waals surface area contributed by atoms with Crippen molar-refractivity contribution in [2.24, 2.45) is 0 Å². The van der Waals surface area contributed by atoms with Crippen molar-refractivity contribution in [3.8, 4) is 0 Å². The molecule has 0 fully saturated rings. The highest BCUT2D eigenvalue weighted by molar-refractivity contribution is 5.15. The highest BCUT2D eigenvalue weighted by Crippen LogP contribution is 2.13. The number of hydrogen-bond acceptors (Lipinski definition) is 2. The molecule has 0 radical (unpaired) electrons. The van der Waals surface area contributed by atoms with Crippen LogP contribution in [0.1, 0.15) is 12.5 Å². The summed E-state index contributed by atoms with van der Waals surface area (Å²) in [7, 11) is 0. The predicted octanol–water partition coefficient (Wildman–Crippen LogP) is 2.70. The van der Waals surface area contributed by atoms with Gasteiger partial charge in [-0.25, -0.2) is 0 Å². The molecule has 16 heavy (non-hydrogen) atoms. The Morgan fingerprint density at radius 1 is 1.25 bits per heavy atom. The molecule has 2 nitrogen and oxygen atoms in total. The topological polar surface area (TPSA) is 21.3 Å². The van der Waals surface area contributed by atoms with E-state index in [1.165, 1.54) is 0 Å². The zero-order chi connectivity index (χ0) is 12.0. The quantitative estimate of drug-likeness (QED) is 0.789. The number of nitrogens with one attached hydrogen (secondary N) is 1. The molecule has 1 rings (SSSR count). The van der Waals surface area contributed by atoms with E-state index in [0.717, 1.165) is 5.56 Å². The van der Waals surface area contributed by atoms with Crippen molar-refractivity contribution < 1.29 is 18.0 Å². The zero-order valence-electron chi connectivity index (χ0n) is 8.92. The minimum atomic E-state index is -4.29. The van der Waals surface area contributed by atoms with E-state index in [9.17, 15) is 13.2 Å². The lowest BCUT2D eigenvalue weighted by Crippen LogP contribution is -2.32. The van der Waals surface area contributed by atoms with Gasteiger partial charge >= 0.3 is 6.18 Å². The fraction of sp³-hybridized carbons (Fsp3) is 0.455. The van der Waals surface area contributed by atoms with Crippen molar-refractivity contribution in [3.05, 3.63) is 35.9 Å². The molecular formula is C11H14F3NO. The van der Waals surface area contributed by atoms with Crippen LogP contribution in [0.25, 0.3) is 0 Å². The summed E-state index contributed by atoms with van der Waals surface area (Å²) in [6.07, 6.45) is -3.67. The Balaban J connectivity index is 2.24. The average molecular weight is 233 g/mol. The molecule has 1 unspecified atom stereocenters. The van der Waals surface area contributed by atoms with Gasteiger partial charge in [-0.1, -0.05) is 30.3 Å². The summed E-state index contributed by atoms with van der Waals surface area (Å²) in [6.45, 7) is 0.496. The van der Waals surface area contributed by atoms with Crippen molar-refractivity contribution in [2.75, 3.05) is 6.61 Å². The Morgan fingerprint density at radius 3 is 2.44 bits per heavy atom. The molecule has 0 aliphatic rings. The monoisotopic (exact) mass is 233 g/mol. The van der Waals surface area contributed by atoms with Crippen LogP contribution in [0.15, 0.2) is 30.3 Å². The third-order valence-corrected chi connectivity index (χ3v) is 1.91. The lowest BCUT2D eigenvalue weighted by molar-refractivity contribution is -0.192. The van der Waals surface area contributed by atoms with Crippen molar-refractivity contribution in [3.63, 3.8) is 0 Å². The second-order valence-corrected chi connectivity index (χ2v) is 3.61. The standard InChI is InChI=1S/C11H14F3NO/c1-9(15-16-8-11(12,13)14)7-10-5-3-2-4-6-10/h2-6,9,15H,7-8H2,1H3. The first-order valence-electron chi connectivity index (χ1n) is 4.95. The van der Waals surface area contributed by atoms with Crippen LogP contribution in [0, 0.1) is 0 Å². The first-order valence-corrected chi connectivity index (χ1v) is 4.95. The van der Waals surface area contributed by atoms with Gasteiger partial charge in [-0.2, -0.15) is 18.7 Å². The summed E-state index contributed by atoms with van der Waals surface area (Å²) in [4.78, 5) is 4.36. The van der Waals surface area contributed by atoms with E-state index in [-0.39, 0.29) is 6.04 Å². The summed E-state index contributed by atoms with van der Waals surface area (Å²) < 4.78 is 35.3. The Kier molecular flexibility index (Phi) is 4.76. The molecule has 0 spiro atoms. The van der Waals surface area contributed by atoms with Crippen molar-refractivity contribution in [2.45, 2.75) is 25.6 Å². The van der Waals surface area contributed by atoms with Gasteiger partial charge in [-0.05, 0) is 18.9 Å². The molecule has 1 aromatic carbocycles. The van der Waals surface area contributed by atoms with Gasteiger partial charge in [0, 0.05) is 6.04 Å². The summed E-state index contributed by atoms with van der Waals surface area (Å²) in [5.74, 6) is 0. The zero-order valence-corrected chi connectivity index (χ0v) is 8.92. The Morgan fingerprint density at radius 2 is 1.88 bits per heavy atom. The molecule has 0 saturated carbocycles. The molecule has 1 aromatic rings. The van der Waals surface area contributed by atoms with Crippen LogP contribution in [0.5, 0.6) is 0 Å². The second-order valence-electron chi connectivity index (χ2n) is 3.61. The number of halogens is 3. The third-order valence-electron chi connectivity index (χ3n) is 1.91. The van der Waals surface area contributed by atoms with Gasteiger partial charge in [0.15, 0.2) is 6.61 Å². The number of hydrogen-bond donors (Lipinski definition) is 1. The first-order chi connectivity index (χ1) is 7.47. The molecule has 0 saturated heterocycles. The fourth-order valence-electron chi connectivity index (χ4n) is 1.28. The summed E-state index contributed by atoms with van der Waals surface area (Å²) in [5.41, 5.74) is 3.42. The van der Waals surface area contributed by atoms with Gasteiger partial charge < -0.3 is 0 Å². The lowest BCUT2D eigenvalue weighted by atomic mass is 10.1. The maximum atomic E-state index is 11.8. The molecule has 0 aromatic heterocycles. The fourth-order valence-corrected chi connectivity index (χ4v) is 1.28. The Labute approximate surface area is 92.4 Å². The summed E-state index contributed by atoms with van der Waals surface area (Å²) in [5, 5.41) is 0. The Hall–Kier alpha value is -1.07. The van der Waals surface area contributed by atoms with Crippen LogP contribution < -0.4 is 5.48 Å². The van der Waals surface area contributed by atoms with E-state index in [1.807, 2.05) is 30.3 Å². The van der Waals surface area contributed by atoms with Crippen molar-refractivity contribution in [1.29, 1.82) is 0 Å². The van der Waals surface area contributed by atoms with Gasteiger partial charge in [-0.3, -0.25) is 4.84 Å². The number of rotatable bonds is 5. The second kappa shape index (κ2) is 5.86. The van der Waals surface area contributed by atoms with Crippen LogP contribution in [-0.2, 0) is 11.3 Å². The molecule has 0 aliphatic carbocycles. The van der Waals surface area contributed by atoms with E-state index in [0.29, 0.717) is 6.42 Å². The van der Waals surface area contributed by atoms with Crippen molar-refractivity contribution in [1.82, 2.24) is 5.48 Å². The molecule has 0 heterocycles. The van der Waals surface area contributed by atoms with Crippen LogP contribution in [-0.4, -0.2) is 18.8 Å². The molecule has 0 amide bonds. The number of hydroxylamine groups is 1. The van der Waals surface area contributed by atoms with E-state index < -0.39 is 12.8 Å². The third kappa shape index (κ3) is 5.72. The van der Waals surface area contributed by atoms with Gasteiger partial charge in [0.25, 0.3) is 0 Å².